The molecular weight excluding hydrogens is 530 g/mol. The molecule has 11 heteroatoms. The van der Waals surface area contributed by atoms with E-state index in [2.05, 4.69) is 9.97 Å². The Hall–Kier alpha value is -4.02. The number of carbonyl (C=O) groups excluding carboxylic acids is 1. The average molecular weight is 560 g/mol. The monoisotopic (exact) mass is 559 g/mol. The fourth-order valence-electron chi connectivity index (χ4n) is 4.91. The van der Waals surface area contributed by atoms with E-state index in [-0.39, 0.29) is 29.5 Å². The van der Waals surface area contributed by atoms with Crippen LogP contribution < -0.4 is 9.64 Å². The van der Waals surface area contributed by atoms with Gasteiger partial charge in [-0.05, 0) is 49.9 Å². The Labute approximate surface area is 228 Å². The summed E-state index contributed by atoms with van der Waals surface area (Å²) in [5.74, 6) is -4.93. The molecule has 2 aromatic heterocycles. The number of anilines is 1. The molecule has 7 nitrogen and oxygen atoms in total. The second kappa shape index (κ2) is 12.0. The van der Waals surface area contributed by atoms with Crippen LogP contribution in [0.1, 0.15) is 73.0 Å². The number of carboxylic acids is 1. The third-order valence-electron chi connectivity index (χ3n) is 6.80. The first-order valence-electron chi connectivity index (χ1n) is 13.0. The molecule has 1 aliphatic rings. The van der Waals surface area contributed by atoms with Crippen LogP contribution in [0.15, 0.2) is 48.9 Å². The maximum Gasteiger partial charge on any atom is 0.421 e. The van der Waals surface area contributed by atoms with E-state index in [0.29, 0.717) is 18.4 Å². The van der Waals surface area contributed by atoms with Crippen LogP contribution in [0.4, 0.5) is 23.2 Å². The van der Waals surface area contributed by atoms with E-state index in [1.807, 2.05) is 0 Å². The quantitative estimate of drug-likeness (QED) is 0.298. The Bertz CT molecular complexity index is 1370. The van der Waals surface area contributed by atoms with Crippen molar-refractivity contribution in [3.05, 3.63) is 77.0 Å². The zero-order valence-electron chi connectivity index (χ0n) is 22.0. The summed E-state index contributed by atoms with van der Waals surface area (Å²) in [7, 11) is 0. The van der Waals surface area contributed by atoms with Gasteiger partial charge in [-0.3, -0.25) is 9.78 Å². The lowest BCUT2D eigenvalue weighted by Crippen LogP contribution is -2.42. The maximum atomic E-state index is 15.3. The van der Waals surface area contributed by atoms with Crippen LogP contribution in [0.2, 0.25) is 0 Å². The summed E-state index contributed by atoms with van der Waals surface area (Å²) < 4.78 is 62.4. The number of carboxylic acid groups (broad SMARTS) is 1. The lowest BCUT2D eigenvalue weighted by atomic mass is 9.87. The van der Waals surface area contributed by atoms with Crippen molar-refractivity contribution in [3.8, 4) is 11.6 Å². The highest BCUT2D eigenvalue weighted by Crippen LogP contribution is 2.40. The fourth-order valence-corrected chi connectivity index (χ4v) is 4.91. The number of pyridine rings is 2. The van der Waals surface area contributed by atoms with Crippen LogP contribution in [0, 0.1) is 11.7 Å². The van der Waals surface area contributed by atoms with E-state index in [1.165, 1.54) is 23.5 Å². The standard InChI is InChI=1S/C29H29F4N3O4/c1-17(2)36(27(37)20-8-4-3-5-9-20)24-14-23(30)25(13-21(24)28(38)39)40-26-22(29(31,32)33)12-19(16-35-26)11-18-7-6-10-34-15-18/h6-7,10,12-17,20H,3-5,8-9,11H2,1-2H3,(H,38,39). The number of rotatable bonds is 8. The summed E-state index contributed by atoms with van der Waals surface area (Å²) in [6.45, 7) is 3.36. The van der Waals surface area contributed by atoms with Crippen molar-refractivity contribution in [2.45, 2.75) is 64.6 Å². The van der Waals surface area contributed by atoms with Crippen LogP contribution in [-0.4, -0.2) is 33.0 Å². The van der Waals surface area contributed by atoms with Crippen molar-refractivity contribution in [1.82, 2.24) is 9.97 Å². The lowest BCUT2D eigenvalue weighted by Gasteiger charge is -2.33. The molecule has 40 heavy (non-hydrogen) atoms. The maximum absolute atomic E-state index is 15.3. The van der Waals surface area contributed by atoms with E-state index >= 15 is 4.39 Å². The molecule has 1 fully saturated rings. The minimum Gasteiger partial charge on any atom is -0.478 e. The van der Waals surface area contributed by atoms with Crippen molar-refractivity contribution in [2.24, 2.45) is 5.92 Å². The zero-order chi connectivity index (χ0) is 29.0. The largest absolute Gasteiger partial charge is 0.478 e. The number of hydrogen-bond donors (Lipinski definition) is 1. The normalized spacial score (nSPS) is 14.3. The van der Waals surface area contributed by atoms with Crippen molar-refractivity contribution in [3.63, 3.8) is 0 Å². The minimum absolute atomic E-state index is 0.122. The number of hydrogen-bond acceptors (Lipinski definition) is 5. The number of benzene rings is 1. The molecule has 0 saturated heterocycles. The number of halogens is 4. The number of aromatic carboxylic acids is 1. The van der Waals surface area contributed by atoms with E-state index < -0.39 is 46.8 Å². The predicted molar refractivity (Wildman–Crippen MR) is 139 cm³/mol. The van der Waals surface area contributed by atoms with Crippen molar-refractivity contribution in [2.75, 3.05) is 4.90 Å². The van der Waals surface area contributed by atoms with Crippen molar-refractivity contribution >= 4 is 17.6 Å². The van der Waals surface area contributed by atoms with Gasteiger partial charge in [-0.1, -0.05) is 25.3 Å². The molecule has 1 saturated carbocycles. The van der Waals surface area contributed by atoms with Gasteiger partial charge in [0.25, 0.3) is 0 Å². The van der Waals surface area contributed by atoms with Crippen molar-refractivity contribution < 1.29 is 37.0 Å². The van der Waals surface area contributed by atoms with E-state index in [0.717, 1.165) is 37.5 Å². The third-order valence-corrected chi connectivity index (χ3v) is 6.80. The molecule has 4 rings (SSSR count). The molecule has 0 unspecified atom stereocenters. The topological polar surface area (TPSA) is 92.6 Å². The average Bonchev–Trinajstić information content (AvgIpc) is 2.91. The molecule has 212 valence electrons. The first-order valence-corrected chi connectivity index (χ1v) is 13.0. The summed E-state index contributed by atoms with van der Waals surface area (Å²) >= 11 is 0. The van der Waals surface area contributed by atoms with Gasteiger partial charge in [0, 0.05) is 49.1 Å². The molecule has 1 N–H and O–H groups in total. The molecule has 0 atom stereocenters. The van der Waals surface area contributed by atoms with Gasteiger partial charge in [0.1, 0.15) is 5.56 Å². The van der Waals surface area contributed by atoms with Gasteiger partial charge in [0.15, 0.2) is 11.6 Å². The first kappa shape index (κ1) is 29.0. The summed E-state index contributed by atoms with van der Waals surface area (Å²) in [5, 5.41) is 9.91. The molecule has 0 radical (unpaired) electrons. The molecule has 3 aromatic rings. The van der Waals surface area contributed by atoms with Crippen molar-refractivity contribution in [1.29, 1.82) is 0 Å². The minimum atomic E-state index is -4.89. The predicted octanol–water partition coefficient (Wildman–Crippen LogP) is 7.04. The number of aromatic nitrogens is 2. The van der Waals surface area contributed by atoms with Crippen LogP contribution in [0.25, 0.3) is 0 Å². The molecular formula is C29H29F4N3O4. The summed E-state index contributed by atoms with van der Waals surface area (Å²) in [6, 6.07) is 5.33. The Morgan fingerprint density at radius 2 is 1.82 bits per heavy atom. The van der Waals surface area contributed by atoms with Crippen LogP contribution >= 0.6 is 0 Å². The highest BCUT2D eigenvalue weighted by Gasteiger charge is 2.37. The van der Waals surface area contributed by atoms with Crippen LogP contribution in [0.3, 0.4) is 0 Å². The van der Waals surface area contributed by atoms with Gasteiger partial charge < -0.3 is 14.7 Å². The SMILES string of the molecule is CC(C)N(C(=O)C1CCCCC1)c1cc(F)c(Oc2ncc(Cc3cccnc3)cc2C(F)(F)F)cc1C(=O)O. The first-order chi connectivity index (χ1) is 19.0. The number of alkyl halides is 3. The number of amides is 1. The fraction of sp³-hybridized carbons (Fsp3) is 0.379. The molecule has 0 aliphatic heterocycles. The Morgan fingerprint density at radius 1 is 1.10 bits per heavy atom. The highest BCUT2D eigenvalue weighted by molar-refractivity contribution is 6.03. The molecule has 1 aromatic carbocycles. The number of carbonyl (C=O) groups is 2. The van der Waals surface area contributed by atoms with Gasteiger partial charge in [-0.25, -0.2) is 14.2 Å². The Morgan fingerprint density at radius 3 is 2.42 bits per heavy atom. The smallest absolute Gasteiger partial charge is 0.421 e. The van der Waals surface area contributed by atoms with Gasteiger partial charge in [-0.2, -0.15) is 13.2 Å². The zero-order valence-corrected chi connectivity index (χ0v) is 22.0. The summed E-state index contributed by atoms with van der Waals surface area (Å²) in [6.07, 6.45) is 3.49. The molecule has 0 spiro atoms. The molecule has 0 bridgehead atoms. The van der Waals surface area contributed by atoms with E-state index in [4.69, 9.17) is 4.74 Å². The van der Waals surface area contributed by atoms with Gasteiger partial charge >= 0.3 is 12.1 Å². The van der Waals surface area contributed by atoms with Gasteiger partial charge in [-0.15, -0.1) is 0 Å². The summed E-state index contributed by atoms with van der Waals surface area (Å²) in [4.78, 5) is 34.5. The highest BCUT2D eigenvalue weighted by atomic mass is 19.4. The van der Waals surface area contributed by atoms with E-state index in [1.54, 1.807) is 26.0 Å². The lowest BCUT2D eigenvalue weighted by molar-refractivity contribution is -0.139. The second-order valence-electron chi connectivity index (χ2n) is 10.1. The number of nitrogens with zero attached hydrogens (tertiary/aromatic N) is 3. The van der Waals surface area contributed by atoms with Crippen LogP contribution in [-0.2, 0) is 17.4 Å². The molecule has 1 aliphatic carbocycles. The Balaban J connectivity index is 1.70. The molecule has 2 heterocycles. The van der Waals surface area contributed by atoms with Crippen LogP contribution in [0.5, 0.6) is 11.6 Å². The van der Waals surface area contributed by atoms with Gasteiger partial charge in [0.05, 0.1) is 11.3 Å². The summed E-state index contributed by atoms with van der Waals surface area (Å²) in [5.41, 5.74) is -1.01. The van der Waals surface area contributed by atoms with Gasteiger partial charge in [0.2, 0.25) is 11.8 Å². The third kappa shape index (κ3) is 6.57. The number of ether oxygens (including phenoxy) is 1. The molecule has 1 amide bonds. The second-order valence-corrected chi connectivity index (χ2v) is 10.1. The Kier molecular flexibility index (Phi) is 8.70. The van der Waals surface area contributed by atoms with E-state index in [9.17, 15) is 27.9 Å².